The molecule has 4 heteroatoms. The Bertz CT molecular complexity index is 191. The summed E-state index contributed by atoms with van der Waals surface area (Å²) in [6.45, 7) is 2.98. The van der Waals surface area contributed by atoms with Gasteiger partial charge in [0.25, 0.3) is 0 Å². The third kappa shape index (κ3) is 1.16. The molecule has 1 atom stereocenters. The van der Waals surface area contributed by atoms with Crippen molar-refractivity contribution in [2.45, 2.75) is 18.4 Å². The third-order valence-electron chi connectivity index (χ3n) is 3.43. The highest BCUT2D eigenvalue weighted by Gasteiger charge is 2.53. The Hall–Kier alpha value is 0.170. The van der Waals surface area contributed by atoms with Crippen LogP contribution in [0.15, 0.2) is 0 Å². The lowest BCUT2D eigenvalue weighted by molar-refractivity contribution is -0.844. The van der Waals surface area contributed by atoms with Crippen molar-refractivity contribution in [3.8, 4) is 0 Å². The van der Waals surface area contributed by atoms with Gasteiger partial charge in [0.05, 0.1) is 13.1 Å². The molecular weight excluding hydrogens is 176 g/mol. The van der Waals surface area contributed by atoms with Gasteiger partial charge in [-0.3, -0.25) is 0 Å². The molecule has 3 N–H and O–H groups in total. The van der Waals surface area contributed by atoms with Crippen LogP contribution in [0.1, 0.15) is 12.8 Å². The quantitative estimate of drug-likeness (QED) is 0.577. The predicted octanol–water partition coefficient (Wildman–Crippen LogP) is 0.0704. The van der Waals surface area contributed by atoms with Crippen LogP contribution in [-0.4, -0.2) is 40.9 Å². The first kappa shape index (κ1) is 8.75. The second kappa shape index (κ2) is 2.58. The van der Waals surface area contributed by atoms with E-state index in [9.17, 15) is 5.11 Å². The van der Waals surface area contributed by atoms with Crippen molar-refractivity contribution in [2.24, 2.45) is 11.7 Å². The minimum atomic E-state index is -0.682. The zero-order chi connectivity index (χ0) is 8.82. The maximum absolute atomic E-state index is 10.1. The number of fused-ring (bicyclic) bond motifs is 3. The Morgan fingerprint density at radius 2 is 2.08 bits per heavy atom. The van der Waals surface area contributed by atoms with Gasteiger partial charge >= 0.3 is 0 Å². The van der Waals surface area contributed by atoms with Crippen molar-refractivity contribution in [2.75, 3.05) is 26.2 Å². The fraction of sp³-hybridized carbons (Fsp3) is 1.00. The van der Waals surface area contributed by atoms with Crippen LogP contribution in [0.2, 0.25) is 0 Å². The van der Waals surface area contributed by atoms with E-state index in [1.54, 1.807) is 0 Å². The largest absolute Gasteiger partial charge is 0.382 e. The molecule has 0 aromatic rings. The lowest BCUT2D eigenvalue weighted by Crippen LogP contribution is -2.67. The van der Waals surface area contributed by atoms with Crippen LogP contribution in [0.3, 0.4) is 0 Å². The summed E-state index contributed by atoms with van der Waals surface area (Å²) in [5, 5.41) is 10.1. The van der Waals surface area contributed by atoms with Crippen molar-refractivity contribution >= 4 is 11.8 Å². The van der Waals surface area contributed by atoms with E-state index in [2.05, 4.69) is 0 Å². The van der Waals surface area contributed by atoms with Gasteiger partial charge in [0.15, 0.2) is 11.8 Å². The van der Waals surface area contributed by atoms with Crippen molar-refractivity contribution < 1.29 is 9.11 Å². The van der Waals surface area contributed by atoms with Gasteiger partial charge in [-0.05, 0) is 0 Å². The number of rotatable bonds is 1. The molecule has 3 aliphatic rings. The Morgan fingerprint density at radius 1 is 1.50 bits per heavy atom. The van der Waals surface area contributed by atoms with Crippen LogP contribution in [0.4, 0.5) is 0 Å². The molecule has 3 fully saturated rings. The highest BCUT2D eigenvalue weighted by atomic mass is 35.5. The van der Waals surface area contributed by atoms with Gasteiger partial charge in [-0.25, -0.2) is 4.00 Å². The fourth-order valence-electron chi connectivity index (χ4n) is 2.58. The molecule has 0 radical (unpaired) electrons. The number of nitrogens with two attached hydrogens (primary N) is 1. The lowest BCUT2D eigenvalue weighted by Gasteiger charge is -2.51. The number of quaternary nitrogens is 1. The first-order valence-electron chi connectivity index (χ1n) is 4.56. The Balaban J connectivity index is 2.21. The van der Waals surface area contributed by atoms with Crippen molar-refractivity contribution in [3.05, 3.63) is 0 Å². The standard InChI is InChI=1S/C8H16ClN2O/c9-11-3-1-7(2-4-11)8(12,5-10)6-11/h7,12H,1-6,10H2/q+1/t7?,8-,11?/m0/s1. The molecule has 3 nitrogen and oxygen atoms in total. The van der Waals surface area contributed by atoms with E-state index < -0.39 is 5.60 Å². The summed E-state index contributed by atoms with van der Waals surface area (Å²) in [6, 6.07) is 0. The molecule has 0 saturated carbocycles. The molecule has 3 heterocycles. The SMILES string of the molecule is NC[C@]1(O)C[N+]2(Cl)CCC1CC2. The molecule has 3 aliphatic heterocycles. The summed E-state index contributed by atoms with van der Waals surface area (Å²) < 4.78 is 0.504. The highest BCUT2D eigenvalue weighted by molar-refractivity contribution is 6.06. The maximum Gasteiger partial charge on any atom is 0.165 e. The number of aliphatic hydroxyl groups is 1. The van der Waals surface area contributed by atoms with Crippen LogP contribution in [0.25, 0.3) is 0 Å². The van der Waals surface area contributed by atoms with Gasteiger partial charge in [0.2, 0.25) is 0 Å². The number of halogens is 1. The maximum atomic E-state index is 10.1. The Morgan fingerprint density at radius 3 is 2.42 bits per heavy atom. The number of hydrogen-bond donors (Lipinski definition) is 2. The number of nitrogens with zero attached hydrogens (tertiary/aromatic N) is 1. The molecule has 0 aliphatic carbocycles. The van der Waals surface area contributed by atoms with E-state index in [4.69, 9.17) is 17.5 Å². The first-order chi connectivity index (χ1) is 5.58. The summed E-state index contributed by atoms with van der Waals surface area (Å²) in [5.74, 6) is 0.390. The molecule has 0 aromatic carbocycles. The smallest absolute Gasteiger partial charge is 0.165 e. The molecule has 0 unspecified atom stereocenters. The minimum Gasteiger partial charge on any atom is -0.382 e. The zero-order valence-corrected chi connectivity index (χ0v) is 7.93. The van der Waals surface area contributed by atoms with Crippen LogP contribution in [0.5, 0.6) is 0 Å². The van der Waals surface area contributed by atoms with Crippen LogP contribution in [-0.2, 0) is 0 Å². The van der Waals surface area contributed by atoms with Crippen LogP contribution < -0.4 is 5.73 Å². The van der Waals surface area contributed by atoms with Gasteiger partial charge < -0.3 is 10.8 Å². The third-order valence-corrected chi connectivity index (χ3v) is 3.88. The molecule has 70 valence electrons. The summed E-state index contributed by atoms with van der Waals surface area (Å²) in [4.78, 5) is 0. The van der Waals surface area contributed by atoms with E-state index in [0.29, 0.717) is 23.0 Å². The van der Waals surface area contributed by atoms with E-state index in [1.807, 2.05) is 0 Å². The number of piperidine rings is 3. The van der Waals surface area contributed by atoms with Gasteiger partial charge in [-0.1, -0.05) is 0 Å². The van der Waals surface area contributed by atoms with Gasteiger partial charge in [0.1, 0.15) is 12.1 Å². The second-order valence-electron chi connectivity index (χ2n) is 4.22. The minimum absolute atomic E-state index is 0.352. The van der Waals surface area contributed by atoms with Crippen molar-refractivity contribution in [1.82, 2.24) is 0 Å². The fourth-order valence-corrected chi connectivity index (χ4v) is 2.98. The van der Waals surface area contributed by atoms with Crippen LogP contribution in [0, 0.1) is 5.92 Å². The summed E-state index contributed by atoms with van der Waals surface area (Å²) in [5.41, 5.74) is 4.88. The van der Waals surface area contributed by atoms with Crippen molar-refractivity contribution in [3.63, 3.8) is 0 Å². The molecule has 0 spiro atoms. The second-order valence-corrected chi connectivity index (χ2v) is 4.93. The van der Waals surface area contributed by atoms with E-state index in [1.165, 1.54) is 0 Å². The molecule has 12 heavy (non-hydrogen) atoms. The van der Waals surface area contributed by atoms with Crippen LogP contribution >= 0.6 is 11.8 Å². The van der Waals surface area contributed by atoms with Crippen molar-refractivity contribution in [1.29, 1.82) is 0 Å². The number of hydrogen-bond acceptors (Lipinski definition) is 2. The monoisotopic (exact) mass is 191 g/mol. The average molecular weight is 192 g/mol. The van der Waals surface area contributed by atoms with Gasteiger partial charge in [-0.2, -0.15) is 0 Å². The lowest BCUT2D eigenvalue weighted by atomic mass is 9.75. The first-order valence-corrected chi connectivity index (χ1v) is 4.90. The zero-order valence-electron chi connectivity index (χ0n) is 7.17. The molecule has 2 bridgehead atoms. The molecule has 0 amide bonds. The summed E-state index contributed by atoms with van der Waals surface area (Å²) in [7, 11) is 0. The molecule has 0 aromatic heterocycles. The van der Waals surface area contributed by atoms with E-state index in [-0.39, 0.29) is 0 Å². The molecular formula is C8H16ClN2O+. The topological polar surface area (TPSA) is 46.2 Å². The predicted molar refractivity (Wildman–Crippen MR) is 47.4 cm³/mol. The normalized spacial score (nSPS) is 52.8. The summed E-state index contributed by atoms with van der Waals surface area (Å²) in [6.07, 6.45) is 2.05. The Kier molecular flexibility index (Phi) is 1.88. The summed E-state index contributed by atoms with van der Waals surface area (Å²) >= 11 is 6.28. The van der Waals surface area contributed by atoms with Gasteiger partial charge in [0, 0.05) is 25.3 Å². The highest BCUT2D eigenvalue weighted by Crippen LogP contribution is 2.41. The van der Waals surface area contributed by atoms with E-state index in [0.717, 1.165) is 25.9 Å². The van der Waals surface area contributed by atoms with Gasteiger partial charge in [-0.15, -0.1) is 0 Å². The molecule has 3 rings (SSSR count). The Labute approximate surface area is 77.8 Å². The molecule has 3 saturated heterocycles. The average Bonchev–Trinajstić information content (AvgIpc) is 2.04. The van der Waals surface area contributed by atoms with E-state index >= 15 is 0 Å².